The summed E-state index contributed by atoms with van der Waals surface area (Å²) in [7, 11) is 0. The maximum Gasteiger partial charge on any atom is 0.523 e. The van der Waals surface area contributed by atoms with Crippen LogP contribution in [-0.2, 0) is 6.54 Å². The highest BCUT2D eigenvalue weighted by atomic mass is 16.4. The summed E-state index contributed by atoms with van der Waals surface area (Å²) in [5.74, 6) is 0. The number of amides is 3. The second-order valence-corrected chi connectivity index (χ2v) is 5.01. The molecule has 1 aromatic carbocycles. The van der Waals surface area contributed by atoms with Crippen LogP contribution in [0.15, 0.2) is 30.3 Å². The molecule has 2 atom stereocenters. The van der Waals surface area contributed by atoms with E-state index < -0.39 is 16.6 Å². The van der Waals surface area contributed by atoms with Gasteiger partial charge in [-0.1, -0.05) is 30.3 Å². The second-order valence-electron chi connectivity index (χ2n) is 5.01. The summed E-state index contributed by atoms with van der Waals surface area (Å²) in [6.07, 6.45) is 0.479. The van der Waals surface area contributed by atoms with Gasteiger partial charge in [0.15, 0.2) is 0 Å². The van der Waals surface area contributed by atoms with Crippen molar-refractivity contribution in [3.05, 3.63) is 35.9 Å². The van der Waals surface area contributed by atoms with E-state index in [9.17, 15) is 14.7 Å². The summed E-state index contributed by atoms with van der Waals surface area (Å²) >= 11 is 0. The molecule has 0 aromatic heterocycles. The number of rotatable bonds is 2. The Balaban J connectivity index is 2.07. The normalized spacial score (nSPS) is 26.1. The van der Waals surface area contributed by atoms with Gasteiger partial charge in [0.05, 0.1) is 6.54 Å². The average molecular weight is 263 g/mol. The molecule has 1 heterocycles. The molecule has 0 spiro atoms. The lowest BCUT2D eigenvalue weighted by molar-refractivity contribution is -0.787. The number of benzene rings is 1. The summed E-state index contributed by atoms with van der Waals surface area (Å²) in [5.41, 5.74) is 0.964. The van der Waals surface area contributed by atoms with Gasteiger partial charge < -0.3 is 10.4 Å². The Labute approximate surface area is 112 Å². The summed E-state index contributed by atoms with van der Waals surface area (Å²) in [5, 5.41) is 12.2. The lowest BCUT2D eigenvalue weighted by atomic mass is 10.2. The number of urea groups is 1. The van der Waals surface area contributed by atoms with E-state index in [1.54, 1.807) is 0 Å². The molecular formula is C14H19N2O3+. The number of quaternary nitrogens is 1. The molecule has 2 rings (SSSR count). The lowest BCUT2D eigenvalue weighted by Gasteiger charge is -2.29. The van der Waals surface area contributed by atoms with Crippen molar-refractivity contribution >= 4 is 12.1 Å². The van der Waals surface area contributed by atoms with Gasteiger partial charge in [0.1, 0.15) is 6.04 Å². The largest absolute Gasteiger partial charge is 0.523 e. The van der Waals surface area contributed by atoms with E-state index in [0.29, 0.717) is 13.1 Å². The molecule has 3 amide bonds. The Morgan fingerprint density at radius 2 is 2.05 bits per heavy atom. The summed E-state index contributed by atoms with van der Waals surface area (Å²) in [4.78, 5) is 23.8. The Bertz CT molecular complexity index is 475. The van der Waals surface area contributed by atoms with Crippen molar-refractivity contribution in [2.75, 3.05) is 6.54 Å². The van der Waals surface area contributed by atoms with Crippen LogP contribution in [-0.4, -0.2) is 34.3 Å². The Hall–Kier alpha value is -1.88. The predicted octanol–water partition coefficient (Wildman–Crippen LogP) is 2.57. The number of carboxylic acid groups (broad SMARTS) is 1. The van der Waals surface area contributed by atoms with Crippen molar-refractivity contribution in [2.24, 2.45) is 0 Å². The van der Waals surface area contributed by atoms with Crippen LogP contribution in [0.2, 0.25) is 0 Å². The van der Waals surface area contributed by atoms with E-state index in [1.165, 1.54) is 0 Å². The van der Waals surface area contributed by atoms with Gasteiger partial charge in [-0.25, -0.2) is 4.79 Å². The van der Waals surface area contributed by atoms with Crippen LogP contribution in [0.1, 0.15) is 25.3 Å². The van der Waals surface area contributed by atoms with Gasteiger partial charge in [-0.3, -0.25) is 0 Å². The number of carbonyl (C=O) groups is 2. The van der Waals surface area contributed by atoms with Gasteiger partial charge in [0, 0.05) is 19.4 Å². The number of likely N-dealkylation sites (tertiary alicyclic amines) is 1. The molecule has 1 aliphatic rings. The third-order valence-electron chi connectivity index (χ3n) is 3.88. The summed E-state index contributed by atoms with van der Waals surface area (Å²) < 4.78 is -0.493. The monoisotopic (exact) mass is 263 g/mol. The van der Waals surface area contributed by atoms with Crippen molar-refractivity contribution in [1.29, 1.82) is 0 Å². The third-order valence-corrected chi connectivity index (χ3v) is 3.88. The molecule has 0 bridgehead atoms. The van der Waals surface area contributed by atoms with E-state index in [1.807, 2.05) is 37.3 Å². The fourth-order valence-electron chi connectivity index (χ4n) is 2.66. The van der Waals surface area contributed by atoms with Crippen molar-refractivity contribution in [3.8, 4) is 0 Å². The Morgan fingerprint density at radius 3 is 2.58 bits per heavy atom. The van der Waals surface area contributed by atoms with Crippen LogP contribution in [0.3, 0.4) is 0 Å². The van der Waals surface area contributed by atoms with E-state index in [-0.39, 0.29) is 6.04 Å². The minimum absolute atomic E-state index is 0.173. The molecule has 1 aliphatic heterocycles. The first-order valence-electron chi connectivity index (χ1n) is 6.51. The molecule has 1 aromatic rings. The minimum Gasteiger partial charge on any atom is -0.435 e. The fraction of sp³-hybridized carbons (Fsp3) is 0.429. The molecule has 2 N–H and O–H groups in total. The number of imide groups is 1. The van der Waals surface area contributed by atoms with Crippen molar-refractivity contribution < 1.29 is 19.2 Å². The highest BCUT2D eigenvalue weighted by molar-refractivity contribution is 5.79. The van der Waals surface area contributed by atoms with Gasteiger partial charge in [-0.2, -0.15) is 4.79 Å². The minimum atomic E-state index is -1.06. The van der Waals surface area contributed by atoms with E-state index in [0.717, 1.165) is 18.4 Å². The van der Waals surface area contributed by atoms with E-state index >= 15 is 0 Å². The van der Waals surface area contributed by atoms with Crippen molar-refractivity contribution in [1.82, 2.24) is 5.32 Å². The molecule has 0 saturated carbocycles. The third kappa shape index (κ3) is 2.46. The zero-order valence-electron chi connectivity index (χ0n) is 11.0. The standard InChI is InChI=1S/C14H18N2O3/c1-11-6-5-9-16(11,14(18)19)13(17)15-10-12-7-3-2-4-8-12/h2-4,7-8,11H,5-6,9-10H2,1H3,(H-,15,17,18,19)/p+1/t11-,16?/m1/s1. The highest BCUT2D eigenvalue weighted by Gasteiger charge is 2.53. The SMILES string of the molecule is C[C@@H]1CCC[N+]1(C(=O)O)C(=O)NCc1ccccc1. The van der Waals surface area contributed by atoms with Crippen LogP contribution in [0.5, 0.6) is 0 Å². The number of hydrogen-bond acceptors (Lipinski definition) is 2. The van der Waals surface area contributed by atoms with Crippen molar-refractivity contribution in [2.45, 2.75) is 32.4 Å². The number of nitrogens with zero attached hydrogens (tertiary/aromatic N) is 1. The Kier molecular flexibility index (Phi) is 3.85. The molecule has 0 aliphatic carbocycles. The van der Waals surface area contributed by atoms with Crippen LogP contribution in [0.4, 0.5) is 9.59 Å². The summed E-state index contributed by atoms with van der Waals surface area (Å²) in [6, 6.07) is 8.90. The number of nitrogens with one attached hydrogen (secondary N) is 1. The van der Waals surface area contributed by atoms with Crippen LogP contribution >= 0.6 is 0 Å². The zero-order valence-corrected chi connectivity index (χ0v) is 11.0. The van der Waals surface area contributed by atoms with Gasteiger partial charge in [-0.15, -0.1) is 4.48 Å². The van der Waals surface area contributed by atoms with Gasteiger partial charge >= 0.3 is 12.1 Å². The maximum absolute atomic E-state index is 12.3. The molecule has 19 heavy (non-hydrogen) atoms. The first-order valence-corrected chi connectivity index (χ1v) is 6.51. The zero-order chi connectivity index (χ0) is 13.9. The van der Waals surface area contributed by atoms with Crippen molar-refractivity contribution in [3.63, 3.8) is 0 Å². The molecular weight excluding hydrogens is 244 g/mol. The van der Waals surface area contributed by atoms with E-state index in [2.05, 4.69) is 5.32 Å². The quantitative estimate of drug-likeness (QED) is 0.806. The topological polar surface area (TPSA) is 66.4 Å². The first-order chi connectivity index (χ1) is 9.07. The smallest absolute Gasteiger partial charge is 0.435 e. The average Bonchev–Trinajstić information content (AvgIpc) is 2.80. The molecule has 1 fully saturated rings. The molecule has 5 nitrogen and oxygen atoms in total. The van der Waals surface area contributed by atoms with Crippen LogP contribution in [0.25, 0.3) is 0 Å². The molecule has 0 radical (unpaired) electrons. The number of hydrogen-bond donors (Lipinski definition) is 2. The van der Waals surface area contributed by atoms with Gasteiger partial charge in [-0.05, 0) is 12.5 Å². The second kappa shape index (κ2) is 5.40. The van der Waals surface area contributed by atoms with E-state index in [4.69, 9.17) is 0 Å². The lowest BCUT2D eigenvalue weighted by Crippen LogP contribution is -2.61. The molecule has 1 unspecified atom stereocenters. The highest BCUT2D eigenvalue weighted by Crippen LogP contribution is 2.27. The van der Waals surface area contributed by atoms with Crippen LogP contribution in [0, 0.1) is 0 Å². The Morgan fingerprint density at radius 1 is 1.37 bits per heavy atom. The van der Waals surface area contributed by atoms with Gasteiger partial charge in [0.25, 0.3) is 0 Å². The first kappa shape index (κ1) is 13.5. The fourth-order valence-corrected chi connectivity index (χ4v) is 2.66. The number of carbonyl (C=O) groups excluding carboxylic acids is 1. The summed E-state index contributed by atoms with van der Waals surface area (Å²) in [6.45, 7) is 2.56. The van der Waals surface area contributed by atoms with Gasteiger partial charge in [0.2, 0.25) is 0 Å². The predicted molar refractivity (Wildman–Crippen MR) is 70.5 cm³/mol. The molecule has 5 heteroatoms. The van der Waals surface area contributed by atoms with Crippen LogP contribution < -0.4 is 5.32 Å². The molecule has 1 saturated heterocycles. The molecule has 102 valence electrons. The maximum atomic E-state index is 12.3.